The topological polar surface area (TPSA) is 158 Å². The molecule has 0 bridgehead atoms. The molecule has 13 heteroatoms. The van der Waals surface area contributed by atoms with Crippen LogP contribution in [0.5, 0.6) is 11.5 Å². The van der Waals surface area contributed by atoms with Gasteiger partial charge in [0.2, 0.25) is 11.8 Å². The van der Waals surface area contributed by atoms with Crippen molar-refractivity contribution < 1.29 is 28.6 Å². The van der Waals surface area contributed by atoms with Crippen molar-refractivity contribution in [3.05, 3.63) is 29.6 Å². The molecule has 4 N–H and O–H groups in total. The van der Waals surface area contributed by atoms with Crippen molar-refractivity contribution in [1.29, 1.82) is 0 Å². The van der Waals surface area contributed by atoms with Crippen LogP contribution in [0.2, 0.25) is 0 Å². The van der Waals surface area contributed by atoms with E-state index in [1.165, 1.54) is 16.2 Å². The largest absolute Gasteiger partial charge is 0.497 e. The Morgan fingerprint density at radius 1 is 1.09 bits per heavy atom. The molecule has 3 atom stereocenters. The molecule has 3 amide bonds. The average Bonchev–Trinajstić information content (AvgIpc) is 3.57. The lowest BCUT2D eigenvalue weighted by Gasteiger charge is -2.30. The molecule has 1 aliphatic heterocycles. The minimum atomic E-state index is -0.926. The van der Waals surface area contributed by atoms with E-state index in [2.05, 4.69) is 10.6 Å². The van der Waals surface area contributed by atoms with Crippen molar-refractivity contribution in [2.24, 2.45) is 11.7 Å². The SMILES string of the molecule is COc1ccc2c(OC3CC(C(N)=O)N(C(=O)[C@H](NC(=O)OC(C)(C)C)C(C)C)C3)cc(-c3csc(NC(C)C)n3)nc2c1. The monoisotopic (exact) mass is 626 g/mol. The van der Waals surface area contributed by atoms with Crippen LogP contribution >= 0.6 is 11.3 Å². The number of ether oxygens (including phenoxy) is 3. The first-order valence-corrected chi connectivity index (χ1v) is 15.5. The summed E-state index contributed by atoms with van der Waals surface area (Å²) in [6, 6.07) is 5.69. The number of nitrogens with one attached hydrogen (secondary N) is 2. The summed E-state index contributed by atoms with van der Waals surface area (Å²) >= 11 is 1.48. The van der Waals surface area contributed by atoms with Crippen molar-refractivity contribution in [2.45, 2.75) is 84.7 Å². The zero-order chi connectivity index (χ0) is 32.3. The molecule has 1 aliphatic rings. The van der Waals surface area contributed by atoms with Gasteiger partial charge in [0.05, 0.1) is 24.9 Å². The van der Waals surface area contributed by atoms with Crippen molar-refractivity contribution in [1.82, 2.24) is 20.2 Å². The van der Waals surface area contributed by atoms with E-state index in [0.29, 0.717) is 28.4 Å². The Bertz CT molecular complexity index is 1520. The number of aromatic nitrogens is 2. The molecule has 1 saturated heterocycles. The Labute approximate surface area is 261 Å². The highest BCUT2D eigenvalue weighted by molar-refractivity contribution is 7.14. The van der Waals surface area contributed by atoms with Crippen LogP contribution in [-0.2, 0) is 14.3 Å². The molecule has 0 saturated carbocycles. The molecule has 1 aromatic carbocycles. The van der Waals surface area contributed by atoms with E-state index >= 15 is 0 Å². The average molecular weight is 627 g/mol. The Hall–Kier alpha value is -4.13. The molecule has 3 heterocycles. The fraction of sp³-hybridized carbons (Fsp3) is 0.516. The summed E-state index contributed by atoms with van der Waals surface area (Å²) in [5.41, 5.74) is 6.95. The lowest BCUT2D eigenvalue weighted by atomic mass is 10.0. The van der Waals surface area contributed by atoms with Gasteiger partial charge in [-0.15, -0.1) is 11.3 Å². The van der Waals surface area contributed by atoms with Gasteiger partial charge in [0.25, 0.3) is 0 Å². The Kier molecular flexibility index (Phi) is 9.87. The number of likely N-dealkylation sites (tertiary alicyclic amines) is 1. The third kappa shape index (κ3) is 7.87. The number of thiazole rings is 1. The third-order valence-corrected chi connectivity index (χ3v) is 7.70. The van der Waals surface area contributed by atoms with Crippen LogP contribution in [0.4, 0.5) is 9.93 Å². The minimum Gasteiger partial charge on any atom is -0.497 e. The first-order chi connectivity index (χ1) is 20.6. The van der Waals surface area contributed by atoms with E-state index in [9.17, 15) is 14.4 Å². The molecular formula is C31H42N6O6S. The molecule has 2 aromatic heterocycles. The number of methoxy groups -OCH3 is 1. The van der Waals surface area contributed by atoms with E-state index in [-0.39, 0.29) is 24.9 Å². The Balaban J connectivity index is 1.63. The van der Waals surface area contributed by atoms with E-state index in [4.69, 9.17) is 29.9 Å². The van der Waals surface area contributed by atoms with Gasteiger partial charge in [-0.05, 0) is 52.7 Å². The maximum absolute atomic E-state index is 13.8. The lowest BCUT2D eigenvalue weighted by molar-refractivity contribution is -0.140. The lowest BCUT2D eigenvalue weighted by Crippen LogP contribution is -2.55. The van der Waals surface area contributed by atoms with Crippen LogP contribution in [0.15, 0.2) is 29.6 Å². The van der Waals surface area contributed by atoms with Gasteiger partial charge in [-0.1, -0.05) is 13.8 Å². The number of carbonyl (C=O) groups excluding carboxylic acids is 3. The number of nitrogens with zero attached hydrogens (tertiary/aromatic N) is 3. The maximum atomic E-state index is 13.8. The Morgan fingerprint density at radius 3 is 2.43 bits per heavy atom. The molecule has 0 radical (unpaired) electrons. The molecule has 12 nitrogen and oxygen atoms in total. The van der Waals surface area contributed by atoms with Gasteiger partial charge in [0.1, 0.15) is 41.0 Å². The molecular weight excluding hydrogens is 584 g/mol. The molecule has 238 valence electrons. The molecule has 0 spiro atoms. The van der Waals surface area contributed by atoms with Gasteiger partial charge in [-0.3, -0.25) is 9.59 Å². The van der Waals surface area contributed by atoms with E-state index in [0.717, 1.165) is 10.5 Å². The molecule has 1 fully saturated rings. The summed E-state index contributed by atoms with van der Waals surface area (Å²) in [6.07, 6.45) is -1.08. The normalized spacial score (nSPS) is 17.5. The highest BCUT2D eigenvalue weighted by Crippen LogP contribution is 2.35. The highest BCUT2D eigenvalue weighted by Gasteiger charge is 2.43. The second-order valence-electron chi connectivity index (χ2n) is 12.5. The first kappa shape index (κ1) is 32.8. The van der Waals surface area contributed by atoms with Crippen LogP contribution < -0.4 is 25.8 Å². The van der Waals surface area contributed by atoms with Crippen LogP contribution in [0.25, 0.3) is 22.3 Å². The Morgan fingerprint density at radius 2 is 1.82 bits per heavy atom. The summed E-state index contributed by atoms with van der Waals surface area (Å²) < 4.78 is 17.3. The summed E-state index contributed by atoms with van der Waals surface area (Å²) in [5, 5.41) is 9.41. The van der Waals surface area contributed by atoms with Crippen molar-refractivity contribution in [3.8, 4) is 22.9 Å². The number of amides is 3. The van der Waals surface area contributed by atoms with Crippen LogP contribution in [0.1, 0.15) is 54.9 Å². The number of anilines is 1. The van der Waals surface area contributed by atoms with Crippen molar-refractivity contribution in [3.63, 3.8) is 0 Å². The maximum Gasteiger partial charge on any atom is 0.408 e. The third-order valence-electron chi connectivity index (χ3n) is 6.93. The smallest absolute Gasteiger partial charge is 0.408 e. The van der Waals surface area contributed by atoms with Crippen LogP contribution in [0.3, 0.4) is 0 Å². The number of benzene rings is 1. The highest BCUT2D eigenvalue weighted by atomic mass is 32.1. The number of carbonyl (C=O) groups is 3. The van der Waals surface area contributed by atoms with Crippen LogP contribution in [-0.4, -0.2) is 76.3 Å². The number of primary amides is 1. The van der Waals surface area contributed by atoms with Gasteiger partial charge in [0, 0.05) is 35.4 Å². The predicted octanol–water partition coefficient (Wildman–Crippen LogP) is 4.57. The van der Waals surface area contributed by atoms with Gasteiger partial charge in [-0.25, -0.2) is 14.8 Å². The quantitative estimate of drug-likeness (QED) is 0.293. The number of hydrogen-bond acceptors (Lipinski definition) is 10. The number of pyridine rings is 1. The first-order valence-electron chi connectivity index (χ1n) is 14.6. The van der Waals surface area contributed by atoms with Gasteiger partial charge in [-0.2, -0.15) is 0 Å². The van der Waals surface area contributed by atoms with Crippen molar-refractivity contribution >= 4 is 45.3 Å². The van der Waals surface area contributed by atoms with E-state index in [1.807, 2.05) is 57.3 Å². The number of fused-ring (bicyclic) bond motifs is 1. The van der Waals surface area contributed by atoms with Gasteiger partial charge in [0.15, 0.2) is 5.13 Å². The number of alkyl carbamates (subject to hydrolysis) is 1. The zero-order valence-electron chi connectivity index (χ0n) is 26.5. The molecule has 44 heavy (non-hydrogen) atoms. The van der Waals surface area contributed by atoms with Crippen molar-refractivity contribution in [2.75, 3.05) is 19.0 Å². The molecule has 2 unspecified atom stereocenters. The molecule has 4 rings (SSSR count). The molecule has 0 aliphatic carbocycles. The second-order valence-corrected chi connectivity index (χ2v) is 13.3. The van der Waals surface area contributed by atoms with Gasteiger partial charge >= 0.3 is 6.09 Å². The summed E-state index contributed by atoms with van der Waals surface area (Å²) in [6.45, 7) is 13.0. The van der Waals surface area contributed by atoms with E-state index < -0.39 is 41.7 Å². The fourth-order valence-corrected chi connectivity index (χ4v) is 5.79. The van der Waals surface area contributed by atoms with E-state index in [1.54, 1.807) is 27.9 Å². The second kappa shape index (κ2) is 13.2. The van der Waals surface area contributed by atoms with Gasteiger partial charge < -0.3 is 35.5 Å². The molecule has 3 aromatic rings. The standard InChI is InChI=1S/C31H42N6O6S/c1-16(2)26(36-30(40)43-31(5,6)7)28(39)37-14-19(12-24(37)27(32)38)42-25-13-22(23-15-44-29(35-23)33-17(3)4)34-21-11-18(41-8)9-10-20(21)25/h9-11,13,15-17,19,24,26H,12,14H2,1-8H3,(H2,32,38)(H,33,35)(H,36,40)/t19?,24?,26-/m1/s1. The summed E-state index contributed by atoms with van der Waals surface area (Å²) in [5.74, 6) is -0.204. The zero-order valence-corrected chi connectivity index (χ0v) is 27.3. The fourth-order valence-electron chi connectivity index (χ4n) is 4.94. The van der Waals surface area contributed by atoms with Crippen LogP contribution in [0, 0.1) is 5.92 Å². The number of rotatable bonds is 10. The minimum absolute atomic E-state index is 0.0973. The summed E-state index contributed by atoms with van der Waals surface area (Å²) in [7, 11) is 1.59. The number of nitrogens with two attached hydrogens (primary N) is 1. The predicted molar refractivity (Wildman–Crippen MR) is 170 cm³/mol. The number of hydrogen-bond donors (Lipinski definition) is 3. The summed E-state index contributed by atoms with van der Waals surface area (Å²) in [4.78, 5) is 49.8.